The molecule has 2 aromatic carbocycles. The first kappa shape index (κ1) is 16.5. The van der Waals surface area contributed by atoms with Gasteiger partial charge in [0.2, 0.25) is 5.13 Å². The lowest BCUT2D eigenvalue weighted by atomic mass is 10.00. The van der Waals surface area contributed by atoms with Gasteiger partial charge in [0.1, 0.15) is 0 Å². The monoisotopic (exact) mass is 352 g/mol. The van der Waals surface area contributed by atoms with Crippen LogP contribution in [0.3, 0.4) is 0 Å². The van der Waals surface area contributed by atoms with Crippen molar-refractivity contribution in [3.63, 3.8) is 0 Å². The molecule has 0 spiro atoms. The van der Waals surface area contributed by atoms with Gasteiger partial charge >= 0.3 is 0 Å². The molecule has 3 rings (SSSR count). The lowest BCUT2D eigenvalue weighted by molar-refractivity contribution is 1.00. The smallest absolute Gasteiger partial charge is 0.206 e. The summed E-state index contributed by atoms with van der Waals surface area (Å²) in [5.41, 5.74) is 3.95. The molecule has 0 aliphatic carbocycles. The molecular formula is C18H16N4S2. The predicted octanol–water partition coefficient (Wildman–Crippen LogP) is 4.80. The van der Waals surface area contributed by atoms with Gasteiger partial charge in [-0.25, -0.2) is 0 Å². The van der Waals surface area contributed by atoms with Crippen LogP contribution >= 0.6 is 23.1 Å². The van der Waals surface area contributed by atoms with Crippen LogP contribution in [-0.4, -0.2) is 16.7 Å². The maximum Gasteiger partial charge on any atom is 0.206 e. The third kappa shape index (κ3) is 3.94. The molecule has 0 unspecified atom stereocenters. The Morgan fingerprint density at radius 2 is 1.92 bits per heavy atom. The van der Waals surface area contributed by atoms with Crippen LogP contribution in [0.1, 0.15) is 18.1 Å². The van der Waals surface area contributed by atoms with Gasteiger partial charge in [-0.05, 0) is 29.7 Å². The first-order chi connectivity index (χ1) is 11.8. The number of anilines is 1. The topological polar surface area (TPSA) is 61.6 Å². The molecule has 0 saturated heterocycles. The molecule has 0 fully saturated rings. The normalized spacial score (nSPS) is 10.3. The average molecular weight is 352 g/mol. The second kappa shape index (κ2) is 7.95. The molecule has 0 radical (unpaired) electrons. The summed E-state index contributed by atoms with van der Waals surface area (Å²) in [6, 6.07) is 18.2. The third-order valence-corrected chi connectivity index (χ3v) is 5.49. The molecule has 0 bridgehead atoms. The Balaban J connectivity index is 1.67. The van der Waals surface area contributed by atoms with E-state index in [2.05, 4.69) is 45.8 Å². The van der Waals surface area contributed by atoms with Gasteiger partial charge in [0.05, 0.1) is 11.6 Å². The minimum Gasteiger partial charge on any atom is -0.360 e. The second-order valence-corrected chi connectivity index (χ2v) is 7.25. The predicted molar refractivity (Wildman–Crippen MR) is 100 cm³/mol. The molecule has 0 aliphatic heterocycles. The summed E-state index contributed by atoms with van der Waals surface area (Å²) < 4.78 is 0.963. The first-order valence-electron chi connectivity index (χ1n) is 7.58. The van der Waals surface area contributed by atoms with Crippen LogP contribution in [0.4, 0.5) is 5.13 Å². The zero-order chi connectivity index (χ0) is 16.8. The Morgan fingerprint density at radius 1 is 1.12 bits per heavy atom. The van der Waals surface area contributed by atoms with Crippen molar-refractivity contribution < 1.29 is 0 Å². The van der Waals surface area contributed by atoms with Crippen LogP contribution in [0.15, 0.2) is 52.9 Å². The Labute approximate surface area is 149 Å². The SMILES string of the molecule is CCNc1nnc(SCc2ccc(-c3ccccc3C#N)cc2)s1. The van der Waals surface area contributed by atoms with E-state index in [1.807, 2.05) is 31.2 Å². The van der Waals surface area contributed by atoms with E-state index in [0.29, 0.717) is 5.56 Å². The number of aromatic nitrogens is 2. The molecule has 0 atom stereocenters. The lowest BCUT2D eigenvalue weighted by Crippen LogP contribution is -1.94. The Hall–Kier alpha value is -2.36. The Bertz CT molecular complexity index is 850. The molecule has 6 heteroatoms. The maximum atomic E-state index is 9.21. The van der Waals surface area contributed by atoms with E-state index in [9.17, 15) is 5.26 Å². The summed E-state index contributed by atoms with van der Waals surface area (Å²) in [5.74, 6) is 0.848. The number of rotatable bonds is 6. The van der Waals surface area contributed by atoms with E-state index in [-0.39, 0.29) is 0 Å². The quantitative estimate of drug-likeness (QED) is 0.646. The van der Waals surface area contributed by atoms with Crippen molar-refractivity contribution in [3.8, 4) is 17.2 Å². The maximum absolute atomic E-state index is 9.21. The van der Waals surface area contributed by atoms with E-state index in [0.717, 1.165) is 32.9 Å². The van der Waals surface area contributed by atoms with E-state index in [1.54, 1.807) is 23.1 Å². The molecule has 3 aromatic rings. The van der Waals surface area contributed by atoms with Crippen molar-refractivity contribution in [1.29, 1.82) is 5.26 Å². The summed E-state index contributed by atoms with van der Waals surface area (Å²) in [4.78, 5) is 0. The van der Waals surface area contributed by atoms with Gasteiger partial charge in [-0.2, -0.15) is 5.26 Å². The molecule has 0 saturated carbocycles. The van der Waals surface area contributed by atoms with Gasteiger partial charge in [-0.1, -0.05) is 65.6 Å². The largest absolute Gasteiger partial charge is 0.360 e. The second-order valence-electron chi connectivity index (χ2n) is 5.05. The Morgan fingerprint density at radius 3 is 2.67 bits per heavy atom. The highest BCUT2D eigenvalue weighted by molar-refractivity contribution is 8.00. The fourth-order valence-electron chi connectivity index (χ4n) is 2.25. The number of nitriles is 1. The number of benzene rings is 2. The highest BCUT2D eigenvalue weighted by Gasteiger charge is 2.06. The highest BCUT2D eigenvalue weighted by atomic mass is 32.2. The van der Waals surface area contributed by atoms with E-state index < -0.39 is 0 Å². The zero-order valence-electron chi connectivity index (χ0n) is 13.2. The van der Waals surface area contributed by atoms with Crippen LogP contribution in [0, 0.1) is 11.3 Å². The van der Waals surface area contributed by atoms with E-state index in [1.165, 1.54) is 5.56 Å². The fraction of sp³-hybridized carbons (Fsp3) is 0.167. The molecule has 0 aliphatic rings. The molecule has 1 heterocycles. The third-order valence-electron chi connectivity index (χ3n) is 3.41. The Kier molecular flexibility index (Phi) is 5.47. The molecule has 120 valence electrons. The highest BCUT2D eigenvalue weighted by Crippen LogP contribution is 2.29. The van der Waals surface area contributed by atoms with Gasteiger partial charge in [0, 0.05) is 12.3 Å². The van der Waals surface area contributed by atoms with Crippen LogP contribution in [0.2, 0.25) is 0 Å². The fourth-order valence-corrected chi connectivity index (χ4v) is 4.02. The summed E-state index contributed by atoms with van der Waals surface area (Å²) in [6.45, 7) is 2.89. The molecule has 1 aromatic heterocycles. The van der Waals surface area contributed by atoms with Gasteiger partial charge in [-0.15, -0.1) is 10.2 Å². The van der Waals surface area contributed by atoms with Crippen LogP contribution in [0.25, 0.3) is 11.1 Å². The number of hydrogen-bond acceptors (Lipinski definition) is 6. The number of thioether (sulfide) groups is 1. The molecule has 24 heavy (non-hydrogen) atoms. The first-order valence-corrected chi connectivity index (χ1v) is 9.39. The number of nitrogens with zero attached hydrogens (tertiary/aromatic N) is 3. The lowest BCUT2D eigenvalue weighted by Gasteiger charge is -2.05. The van der Waals surface area contributed by atoms with Gasteiger partial charge < -0.3 is 5.32 Å². The van der Waals surface area contributed by atoms with Crippen molar-refractivity contribution in [2.24, 2.45) is 0 Å². The summed E-state index contributed by atoms with van der Waals surface area (Å²) in [7, 11) is 0. The molecule has 4 nitrogen and oxygen atoms in total. The summed E-state index contributed by atoms with van der Waals surface area (Å²) in [5, 5.41) is 21.5. The molecule has 1 N–H and O–H groups in total. The number of nitrogens with one attached hydrogen (secondary N) is 1. The van der Waals surface area contributed by atoms with Crippen molar-refractivity contribution in [2.45, 2.75) is 17.0 Å². The summed E-state index contributed by atoms with van der Waals surface area (Å²) in [6.07, 6.45) is 0. The molecule has 0 amide bonds. The summed E-state index contributed by atoms with van der Waals surface area (Å²) >= 11 is 3.26. The zero-order valence-corrected chi connectivity index (χ0v) is 14.8. The van der Waals surface area contributed by atoms with Crippen molar-refractivity contribution in [3.05, 3.63) is 59.7 Å². The number of hydrogen-bond donors (Lipinski definition) is 1. The van der Waals surface area contributed by atoms with Crippen molar-refractivity contribution >= 4 is 28.2 Å². The van der Waals surface area contributed by atoms with E-state index in [4.69, 9.17) is 0 Å². The van der Waals surface area contributed by atoms with Crippen LogP contribution in [0.5, 0.6) is 0 Å². The van der Waals surface area contributed by atoms with Gasteiger partial charge in [0.15, 0.2) is 4.34 Å². The minimum absolute atomic E-state index is 0.699. The molecular weight excluding hydrogens is 336 g/mol. The van der Waals surface area contributed by atoms with E-state index >= 15 is 0 Å². The standard InChI is InChI=1S/C18H16N4S2/c1-2-20-17-21-22-18(24-17)23-12-13-7-9-14(10-8-13)16-6-4-3-5-15(16)11-19/h3-10H,2,12H2,1H3,(H,20,21). The van der Waals surface area contributed by atoms with Crippen molar-refractivity contribution in [1.82, 2.24) is 10.2 Å². The van der Waals surface area contributed by atoms with Gasteiger partial charge in [0.25, 0.3) is 0 Å². The minimum atomic E-state index is 0.699. The van der Waals surface area contributed by atoms with Crippen molar-refractivity contribution in [2.75, 3.05) is 11.9 Å². The average Bonchev–Trinajstić information content (AvgIpc) is 3.08. The van der Waals surface area contributed by atoms with Crippen LogP contribution < -0.4 is 5.32 Å². The van der Waals surface area contributed by atoms with Crippen LogP contribution in [-0.2, 0) is 5.75 Å². The van der Waals surface area contributed by atoms with Gasteiger partial charge in [-0.3, -0.25) is 0 Å².